The van der Waals surface area contributed by atoms with E-state index in [4.69, 9.17) is 17.0 Å². The van der Waals surface area contributed by atoms with Gasteiger partial charge in [-0.25, -0.2) is 4.98 Å². The lowest BCUT2D eigenvalue weighted by atomic mass is 10.4. The van der Waals surface area contributed by atoms with Crippen molar-refractivity contribution in [3.63, 3.8) is 0 Å². The van der Waals surface area contributed by atoms with Gasteiger partial charge in [0, 0.05) is 6.07 Å². The maximum Gasteiger partial charge on any atom is 0.213 e. The molecule has 84 valence electrons. The number of pyridine rings is 1. The number of hydrogen-bond acceptors (Lipinski definition) is 6. The number of anilines is 2. The average Bonchev–Trinajstić information content (AvgIpc) is 2.67. The quantitative estimate of drug-likeness (QED) is 0.821. The van der Waals surface area contributed by atoms with Crippen molar-refractivity contribution in [3.05, 3.63) is 22.3 Å². The van der Waals surface area contributed by atoms with Gasteiger partial charge in [0.2, 0.25) is 11.0 Å². The van der Waals surface area contributed by atoms with Crippen LogP contribution in [0.2, 0.25) is 0 Å². The molecule has 7 heteroatoms. The second kappa shape index (κ2) is 5.04. The molecular formula is C9H10N4OS2. The van der Waals surface area contributed by atoms with Gasteiger partial charge in [-0.3, -0.25) is 5.10 Å². The molecule has 0 saturated carbocycles. The maximum atomic E-state index is 5.24. The highest BCUT2D eigenvalue weighted by molar-refractivity contribution is 7.73. The molecule has 2 rings (SSSR count). The highest BCUT2D eigenvalue weighted by Crippen LogP contribution is 2.19. The Morgan fingerprint density at radius 1 is 1.56 bits per heavy atom. The predicted octanol–water partition coefficient (Wildman–Crippen LogP) is 2.74. The molecule has 0 aliphatic carbocycles. The zero-order valence-corrected chi connectivity index (χ0v) is 10.2. The van der Waals surface area contributed by atoms with Crippen molar-refractivity contribution >= 4 is 34.4 Å². The number of nitrogens with one attached hydrogen (secondary N) is 2. The van der Waals surface area contributed by atoms with Gasteiger partial charge in [-0.15, -0.1) is 5.10 Å². The van der Waals surface area contributed by atoms with Gasteiger partial charge in [-0.1, -0.05) is 11.3 Å². The molecule has 0 bridgehead atoms. The van der Waals surface area contributed by atoms with Gasteiger partial charge in [-0.2, -0.15) is 0 Å². The zero-order chi connectivity index (χ0) is 11.4. The second-order valence-corrected chi connectivity index (χ2v) is 4.53. The lowest BCUT2D eigenvalue weighted by Crippen LogP contribution is -1.95. The third-order valence-corrected chi connectivity index (χ3v) is 2.72. The van der Waals surface area contributed by atoms with Gasteiger partial charge >= 0.3 is 0 Å². The molecule has 0 aliphatic heterocycles. The monoisotopic (exact) mass is 254 g/mol. The van der Waals surface area contributed by atoms with Crippen molar-refractivity contribution in [2.75, 3.05) is 11.9 Å². The lowest BCUT2D eigenvalue weighted by Gasteiger charge is -2.03. The minimum Gasteiger partial charge on any atom is -0.478 e. The highest BCUT2D eigenvalue weighted by atomic mass is 32.1. The summed E-state index contributed by atoms with van der Waals surface area (Å²) >= 11 is 6.30. The number of aromatic amines is 1. The van der Waals surface area contributed by atoms with Crippen molar-refractivity contribution in [1.29, 1.82) is 0 Å². The molecule has 16 heavy (non-hydrogen) atoms. The van der Waals surface area contributed by atoms with E-state index in [0.717, 1.165) is 10.8 Å². The first-order chi connectivity index (χ1) is 7.78. The van der Waals surface area contributed by atoms with Gasteiger partial charge in [0.1, 0.15) is 0 Å². The minimum absolute atomic E-state index is 0.612. The van der Waals surface area contributed by atoms with Crippen molar-refractivity contribution in [1.82, 2.24) is 15.2 Å². The molecule has 0 spiro atoms. The molecule has 2 heterocycles. The van der Waals surface area contributed by atoms with Crippen LogP contribution < -0.4 is 10.1 Å². The SMILES string of the molecule is CCOc1ccc(Nc2n[nH]c(=S)s2)cn1. The van der Waals surface area contributed by atoms with E-state index < -0.39 is 0 Å². The molecule has 2 aromatic heterocycles. The number of ether oxygens (including phenoxy) is 1. The molecule has 0 aliphatic rings. The molecule has 0 amide bonds. The van der Waals surface area contributed by atoms with E-state index in [1.807, 2.05) is 13.0 Å². The van der Waals surface area contributed by atoms with Crippen LogP contribution >= 0.6 is 23.6 Å². The summed E-state index contributed by atoms with van der Waals surface area (Å²) in [5.41, 5.74) is 0.848. The van der Waals surface area contributed by atoms with E-state index in [2.05, 4.69) is 20.5 Å². The van der Waals surface area contributed by atoms with Crippen molar-refractivity contribution < 1.29 is 4.74 Å². The third-order valence-electron chi connectivity index (χ3n) is 1.72. The number of aromatic nitrogens is 3. The fourth-order valence-electron chi connectivity index (χ4n) is 1.09. The predicted molar refractivity (Wildman–Crippen MR) is 66.0 cm³/mol. The average molecular weight is 254 g/mol. The van der Waals surface area contributed by atoms with Crippen LogP contribution in [0.25, 0.3) is 0 Å². The molecule has 0 unspecified atom stereocenters. The summed E-state index contributed by atoms with van der Waals surface area (Å²) in [6.45, 7) is 2.53. The van der Waals surface area contributed by atoms with E-state index in [0.29, 0.717) is 16.4 Å². The van der Waals surface area contributed by atoms with Crippen LogP contribution in [-0.4, -0.2) is 21.8 Å². The largest absolute Gasteiger partial charge is 0.478 e. The zero-order valence-electron chi connectivity index (χ0n) is 8.56. The van der Waals surface area contributed by atoms with Crippen LogP contribution in [0.3, 0.4) is 0 Å². The Morgan fingerprint density at radius 3 is 3.00 bits per heavy atom. The fourth-order valence-corrected chi connectivity index (χ4v) is 1.90. The molecule has 0 aromatic carbocycles. The van der Waals surface area contributed by atoms with E-state index in [-0.39, 0.29) is 0 Å². The van der Waals surface area contributed by atoms with Crippen LogP contribution in [0, 0.1) is 3.95 Å². The Bertz CT molecular complexity index is 505. The minimum atomic E-state index is 0.612. The van der Waals surface area contributed by atoms with Crippen LogP contribution in [0.4, 0.5) is 10.8 Å². The van der Waals surface area contributed by atoms with Crippen LogP contribution in [0.5, 0.6) is 5.88 Å². The van der Waals surface area contributed by atoms with Gasteiger partial charge in [0.05, 0.1) is 18.5 Å². The third kappa shape index (κ3) is 2.77. The Labute approximate surface area is 102 Å². The Kier molecular flexibility index (Phi) is 3.47. The first kappa shape index (κ1) is 11.0. The lowest BCUT2D eigenvalue weighted by molar-refractivity contribution is 0.327. The first-order valence-electron chi connectivity index (χ1n) is 4.69. The Hall–Kier alpha value is -1.47. The molecule has 0 radical (unpaired) electrons. The number of H-pyrrole nitrogens is 1. The summed E-state index contributed by atoms with van der Waals surface area (Å²) in [5, 5.41) is 10.5. The Balaban J connectivity index is 2.07. The first-order valence-corrected chi connectivity index (χ1v) is 5.92. The standard InChI is InChI=1S/C9H10N4OS2/c1-2-14-7-4-3-6(5-10-7)11-8-12-13-9(15)16-8/h3-5H,2H2,1H3,(H,11,12)(H,13,15). The summed E-state index contributed by atoms with van der Waals surface area (Å²) in [6, 6.07) is 3.68. The van der Waals surface area contributed by atoms with Crippen LogP contribution in [0.15, 0.2) is 18.3 Å². The van der Waals surface area contributed by atoms with Gasteiger partial charge in [-0.05, 0) is 25.2 Å². The van der Waals surface area contributed by atoms with Gasteiger partial charge in [0.25, 0.3) is 0 Å². The van der Waals surface area contributed by atoms with Crippen LogP contribution in [0.1, 0.15) is 6.92 Å². The molecule has 2 N–H and O–H groups in total. The summed E-state index contributed by atoms with van der Waals surface area (Å²) < 4.78 is 5.88. The van der Waals surface area contributed by atoms with Crippen LogP contribution in [-0.2, 0) is 0 Å². The molecular weight excluding hydrogens is 244 g/mol. The summed E-state index contributed by atoms with van der Waals surface area (Å²) in [5.74, 6) is 0.614. The van der Waals surface area contributed by atoms with E-state index in [1.54, 1.807) is 12.3 Å². The molecule has 5 nitrogen and oxygen atoms in total. The van der Waals surface area contributed by atoms with Crippen molar-refractivity contribution in [2.24, 2.45) is 0 Å². The summed E-state index contributed by atoms with van der Waals surface area (Å²) in [4.78, 5) is 4.13. The van der Waals surface area contributed by atoms with E-state index >= 15 is 0 Å². The number of rotatable bonds is 4. The van der Waals surface area contributed by atoms with E-state index in [9.17, 15) is 0 Å². The van der Waals surface area contributed by atoms with Crippen molar-refractivity contribution in [3.8, 4) is 5.88 Å². The smallest absolute Gasteiger partial charge is 0.213 e. The van der Waals surface area contributed by atoms with Gasteiger partial charge < -0.3 is 10.1 Å². The van der Waals surface area contributed by atoms with Gasteiger partial charge in [0.15, 0.2) is 3.95 Å². The maximum absolute atomic E-state index is 5.24. The van der Waals surface area contributed by atoms with Crippen molar-refractivity contribution in [2.45, 2.75) is 6.92 Å². The van der Waals surface area contributed by atoms with E-state index in [1.165, 1.54) is 11.3 Å². The highest BCUT2D eigenvalue weighted by Gasteiger charge is 1.99. The Morgan fingerprint density at radius 2 is 2.44 bits per heavy atom. The summed E-state index contributed by atoms with van der Waals surface area (Å²) in [6.07, 6.45) is 1.69. The molecule has 0 atom stereocenters. The second-order valence-electron chi connectivity index (χ2n) is 2.86. The molecule has 0 fully saturated rings. The topological polar surface area (TPSA) is 62.8 Å². The normalized spacial score (nSPS) is 10.1. The summed E-state index contributed by atoms with van der Waals surface area (Å²) in [7, 11) is 0. The number of nitrogens with zero attached hydrogens (tertiary/aromatic N) is 2. The molecule has 0 saturated heterocycles. The fraction of sp³-hybridized carbons (Fsp3) is 0.222. The molecule has 2 aromatic rings. The number of hydrogen-bond donors (Lipinski definition) is 2.